The van der Waals surface area contributed by atoms with Gasteiger partial charge in [0.1, 0.15) is 11.5 Å². The van der Waals surface area contributed by atoms with Crippen molar-refractivity contribution in [1.82, 2.24) is 10.2 Å². The molecule has 3 aromatic rings. The molecule has 0 fully saturated rings. The van der Waals surface area contributed by atoms with Crippen LogP contribution in [-0.4, -0.2) is 10.2 Å². The Kier molecular flexibility index (Phi) is 3.67. The minimum atomic E-state index is -0.180. The molecule has 4 heteroatoms. The summed E-state index contributed by atoms with van der Waals surface area (Å²) < 4.78 is 11.7. The molecule has 0 atom stereocenters. The maximum atomic E-state index is 5.93. The molecule has 0 aliphatic heterocycles. The zero-order valence-electron chi connectivity index (χ0n) is 12.9. The van der Waals surface area contributed by atoms with Crippen LogP contribution in [-0.2, 0) is 5.41 Å². The Hall–Kier alpha value is -2.62. The van der Waals surface area contributed by atoms with Crippen molar-refractivity contribution in [3.63, 3.8) is 0 Å². The van der Waals surface area contributed by atoms with Gasteiger partial charge >= 0.3 is 0 Å². The molecule has 0 unspecified atom stereocenters. The Morgan fingerprint density at radius 3 is 2.23 bits per heavy atom. The lowest BCUT2D eigenvalue weighted by atomic mass is 9.97. The highest BCUT2D eigenvalue weighted by Gasteiger charge is 2.23. The summed E-state index contributed by atoms with van der Waals surface area (Å²) >= 11 is 0. The molecule has 1 heterocycles. The molecule has 0 spiro atoms. The van der Waals surface area contributed by atoms with Crippen molar-refractivity contribution in [1.29, 1.82) is 0 Å². The van der Waals surface area contributed by atoms with Crippen molar-refractivity contribution in [2.24, 2.45) is 0 Å². The van der Waals surface area contributed by atoms with E-state index >= 15 is 0 Å². The molecule has 0 bridgehead atoms. The quantitative estimate of drug-likeness (QED) is 0.694. The van der Waals surface area contributed by atoms with Gasteiger partial charge in [0.15, 0.2) is 0 Å². The van der Waals surface area contributed by atoms with Crippen LogP contribution in [0, 0.1) is 0 Å². The number of hydrogen-bond donors (Lipinski definition) is 0. The van der Waals surface area contributed by atoms with Crippen molar-refractivity contribution in [3.05, 3.63) is 60.5 Å². The first-order valence-electron chi connectivity index (χ1n) is 7.20. The largest absolute Gasteiger partial charge is 0.457 e. The molecule has 0 aliphatic rings. The molecule has 0 N–H and O–H groups in total. The molecule has 0 amide bonds. The van der Waals surface area contributed by atoms with Gasteiger partial charge in [-0.3, -0.25) is 0 Å². The number of benzene rings is 2. The Bertz CT molecular complexity index is 758. The van der Waals surface area contributed by atoms with Crippen LogP contribution in [0.2, 0.25) is 0 Å². The van der Waals surface area contributed by atoms with Crippen LogP contribution in [0.5, 0.6) is 11.5 Å². The third-order valence-electron chi connectivity index (χ3n) is 3.16. The van der Waals surface area contributed by atoms with E-state index in [4.69, 9.17) is 9.15 Å². The van der Waals surface area contributed by atoms with Crippen LogP contribution in [0.4, 0.5) is 0 Å². The van der Waals surface area contributed by atoms with Crippen molar-refractivity contribution in [3.8, 4) is 23.0 Å². The summed E-state index contributed by atoms with van der Waals surface area (Å²) in [6.07, 6.45) is 0. The highest BCUT2D eigenvalue weighted by molar-refractivity contribution is 5.63. The molecule has 112 valence electrons. The highest BCUT2D eigenvalue weighted by Crippen LogP contribution is 2.33. The summed E-state index contributed by atoms with van der Waals surface area (Å²) in [5.74, 6) is 2.54. The standard InChI is InChI=1S/C18H18N2O2/c1-18(2,3)17-20-19-16(22-17)14-11-7-8-12-15(14)21-13-9-5-4-6-10-13/h4-12H,1-3H3. The predicted molar refractivity (Wildman–Crippen MR) is 85.0 cm³/mol. The molecular weight excluding hydrogens is 276 g/mol. The van der Waals surface area contributed by atoms with Crippen LogP contribution >= 0.6 is 0 Å². The maximum absolute atomic E-state index is 5.93. The number of hydrogen-bond acceptors (Lipinski definition) is 4. The molecule has 0 aliphatic carbocycles. The molecule has 22 heavy (non-hydrogen) atoms. The fourth-order valence-corrected chi connectivity index (χ4v) is 1.98. The van der Waals surface area contributed by atoms with Gasteiger partial charge in [0.25, 0.3) is 5.89 Å². The Labute approximate surface area is 129 Å². The van der Waals surface area contributed by atoms with Gasteiger partial charge in [0, 0.05) is 5.41 Å². The van der Waals surface area contributed by atoms with E-state index in [1.807, 2.05) is 75.4 Å². The van der Waals surface area contributed by atoms with Gasteiger partial charge in [-0.05, 0) is 24.3 Å². The van der Waals surface area contributed by atoms with Crippen LogP contribution < -0.4 is 4.74 Å². The van der Waals surface area contributed by atoms with Crippen LogP contribution in [0.15, 0.2) is 59.0 Å². The Morgan fingerprint density at radius 1 is 0.864 bits per heavy atom. The second kappa shape index (κ2) is 5.64. The molecule has 1 aromatic heterocycles. The van der Waals surface area contributed by atoms with Crippen molar-refractivity contribution >= 4 is 0 Å². The summed E-state index contributed by atoms with van der Waals surface area (Å²) in [7, 11) is 0. The molecule has 3 rings (SSSR count). The third kappa shape index (κ3) is 3.01. The minimum absolute atomic E-state index is 0.180. The molecule has 0 saturated carbocycles. The number of para-hydroxylation sites is 2. The van der Waals surface area contributed by atoms with E-state index in [0.29, 0.717) is 17.5 Å². The van der Waals surface area contributed by atoms with Gasteiger partial charge < -0.3 is 9.15 Å². The maximum Gasteiger partial charge on any atom is 0.251 e. The van der Waals surface area contributed by atoms with Crippen LogP contribution in [0.1, 0.15) is 26.7 Å². The Balaban J connectivity index is 1.96. The fraction of sp³-hybridized carbons (Fsp3) is 0.222. The zero-order chi connectivity index (χ0) is 15.6. The second-order valence-electron chi connectivity index (χ2n) is 6.07. The van der Waals surface area contributed by atoms with Gasteiger partial charge in [-0.15, -0.1) is 10.2 Å². The summed E-state index contributed by atoms with van der Waals surface area (Å²) in [5.41, 5.74) is 0.606. The minimum Gasteiger partial charge on any atom is -0.457 e. The lowest BCUT2D eigenvalue weighted by molar-refractivity contribution is 0.397. The number of rotatable bonds is 3. The Morgan fingerprint density at radius 2 is 1.55 bits per heavy atom. The van der Waals surface area contributed by atoms with E-state index in [1.165, 1.54) is 0 Å². The van der Waals surface area contributed by atoms with E-state index in [9.17, 15) is 0 Å². The van der Waals surface area contributed by atoms with Crippen molar-refractivity contribution in [2.45, 2.75) is 26.2 Å². The topological polar surface area (TPSA) is 48.2 Å². The highest BCUT2D eigenvalue weighted by atomic mass is 16.5. The molecule has 0 saturated heterocycles. The van der Waals surface area contributed by atoms with Crippen molar-refractivity contribution < 1.29 is 9.15 Å². The van der Waals surface area contributed by atoms with E-state index < -0.39 is 0 Å². The van der Waals surface area contributed by atoms with E-state index in [1.54, 1.807) is 0 Å². The molecule has 4 nitrogen and oxygen atoms in total. The van der Waals surface area contributed by atoms with E-state index in [0.717, 1.165) is 11.3 Å². The third-order valence-corrected chi connectivity index (χ3v) is 3.16. The summed E-state index contributed by atoms with van der Waals surface area (Å²) in [5, 5.41) is 8.30. The van der Waals surface area contributed by atoms with Gasteiger partial charge in [-0.25, -0.2) is 0 Å². The van der Waals surface area contributed by atoms with E-state index in [2.05, 4.69) is 10.2 Å². The van der Waals surface area contributed by atoms with Crippen molar-refractivity contribution in [2.75, 3.05) is 0 Å². The number of ether oxygens (including phenoxy) is 1. The summed E-state index contributed by atoms with van der Waals surface area (Å²) in [6.45, 7) is 6.12. The average Bonchev–Trinajstić information content (AvgIpc) is 2.99. The van der Waals surface area contributed by atoms with Gasteiger partial charge in [0.2, 0.25) is 5.89 Å². The fourth-order valence-electron chi connectivity index (χ4n) is 1.98. The normalized spacial score (nSPS) is 11.4. The summed E-state index contributed by atoms with van der Waals surface area (Å²) in [6, 6.07) is 17.3. The number of aromatic nitrogens is 2. The van der Waals surface area contributed by atoms with Gasteiger partial charge in [0.05, 0.1) is 5.56 Å². The first-order chi connectivity index (χ1) is 10.5. The predicted octanol–water partition coefficient (Wildman–Crippen LogP) is 4.83. The summed E-state index contributed by atoms with van der Waals surface area (Å²) in [4.78, 5) is 0. The lowest BCUT2D eigenvalue weighted by Crippen LogP contribution is -2.11. The second-order valence-corrected chi connectivity index (χ2v) is 6.07. The molecular formula is C18H18N2O2. The number of nitrogens with zero attached hydrogens (tertiary/aromatic N) is 2. The SMILES string of the molecule is CC(C)(C)c1nnc(-c2ccccc2Oc2ccccc2)o1. The first kappa shape index (κ1) is 14.3. The average molecular weight is 294 g/mol. The molecule has 0 radical (unpaired) electrons. The lowest BCUT2D eigenvalue weighted by Gasteiger charge is -2.11. The van der Waals surface area contributed by atoms with Crippen LogP contribution in [0.25, 0.3) is 11.5 Å². The smallest absolute Gasteiger partial charge is 0.251 e. The van der Waals surface area contributed by atoms with Gasteiger partial charge in [-0.1, -0.05) is 51.1 Å². The van der Waals surface area contributed by atoms with Gasteiger partial charge in [-0.2, -0.15) is 0 Å². The van der Waals surface area contributed by atoms with E-state index in [-0.39, 0.29) is 5.41 Å². The molecule has 2 aromatic carbocycles. The zero-order valence-corrected chi connectivity index (χ0v) is 12.9. The monoisotopic (exact) mass is 294 g/mol. The van der Waals surface area contributed by atoms with Crippen LogP contribution in [0.3, 0.4) is 0 Å². The first-order valence-corrected chi connectivity index (χ1v) is 7.20.